The molecule has 0 radical (unpaired) electrons. The summed E-state index contributed by atoms with van der Waals surface area (Å²) in [6, 6.07) is 15.3. The van der Waals surface area contributed by atoms with Crippen molar-refractivity contribution in [3.05, 3.63) is 54.1 Å². The Morgan fingerprint density at radius 2 is 1.97 bits per heavy atom. The molecule has 0 spiro atoms. The van der Waals surface area contributed by atoms with Gasteiger partial charge in [-0.15, -0.1) is 10.2 Å². The van der Waals surface area contributed by atoms with Crippen LogP contribution in [0.4, 0.5) is 0 Å². The zero-order valence-corrected chi connectivity index (χ0v) is 18.6. The van der Waals surface area contributed by atoms with Crippen molar-refractivity contribution in [2.24, 2.45) is 5.10 Å². The average Bonchev–Trinajstić information content (AvgIpc) is 3.22. The quantitative estimate of drug-likeness (QED) is 0.295. The number of carbonyl (C=O) groups is 1. The minimum Gasteiger partial charge on any atom is -0.493 e. The van der Waals surface area contributed by atoms with Crippen LogP contribution in [0.2, 0.25) is 0 Å². The summed E-state index contributed by atoms with van der Waals surface area (Å²) in [6.45, 7) is 5.19. The number of carbonyl (C=O) groups excluding carboxylic acids is 1. The van der Waals surface area contributed by atoms with Crippen LogP contribution in [0.1, 0.15) is 19.4 Å². The van der Waals surface area contributed by atoms with Gasteiger partial charge in [0.15, 0.2) is 22.5 Å². The molecule has 0 bridgehead atoms. The molecule has 8 nitrogen and oxygen atoms in total. The van der Waals surface area contributed by atoms with Crippen LogP contribution in [-0.2, 0) is 11.3 Å². The number of nitrogens with zero attached hydrogens (tertiary/aromatic N) is 4. The van der Waals surface area contributed by atoms with Crippen LogP contribution >= 0.6 is 11.8 Å². The van der Waals surface area contributed by atoms with Gasteiger partial charge in [0, 0.05) is 12.1 Å². The smallest absolute Gasteiger partial charge is 0.250 e. The molecule has 0 unspecified atom stereocenters. The first-order valence-electron chi connectivity index (χ1n) is 9.90. The van der Waals surface area contributed by atoms with E-state index in [1.54, 1.807) is 19.4 Å². The largest absolute Gasteiger partial charge is 0.493 e. The molecule has 3 rings (SSSR count). The average molecular weight is 440 g/mol. The fourth-order valence-electron chi connectivity index (χ4n) is 2.86. The van der Waals surface area contributed by atoms with Gasteiger partial charge < -0.3 is 14.0 Å². The molecule has 1 amide bonds. The Balaban J connectivity index is 1.57. The summed E-state index contributed by atoms with van der Waals surface area (Å²) in [7, 11) is 1.58. The molecule has 0 saturated heterocycles. The Morgan fingerprint density at radius 1 is 1.16 bits per heavy atom. The van der Waals surface area contributed by atoms with Crippen molar-refractivity contribution in [3.63, 3.8) is 0 Å². The van der Waals surface area contributed by atoms with E-state index >= 15 is 0 Å². The molecule has 1 N–H and O–H groups in total. The van der Waals surface area contributed by atoms with Gasteiger partial charge in [-0.05, 0) is 37.6 Å². The summed E-state index contributed by atoms with van der Waals surface area (Å²) in [5.74, 6) is 2.01. The molecule has 0 fully saturated rings. The highest BCUT2D eigenvalue weighted by Crippen LogP contribution is 2.27. The lowest BCUT2D eigenvalue weighted by Crippen LogP contribution is -2.20. The predicted octanol–water partition coefficient (Wildman–Crippen LogP) is 3.61. The molecule has 9 heteroatoms. The van der Waals surface area contributed by atoms with Gasteiger partial charge >= 0.3 is 0 Å². The van der Waals surface area contributed by atoms with Gasteiger partial charge in [-0.25, -0.2) is 5.43 Å². The van der Waals surface area contributed by atoms with Crippen LogP contribution in [0, 0.1) is 0 Å². The predicted molar refractivity (Wildman–Crippen MR) is 122 cm³/mol. The minimum atomic E-state index is -0.230. The van der Waals surface area contributed by atoms with Crippen LogP contribution in [0.3, 0.4) is 0 Å². The summed E-state index contributed by atoms with van der Waals surface area (Å²) in [5.41, 5.74) is 4.31. The molecule has 162 valence electrons. The number of methoxy groups -OCH3 is 1. The van der Waals surface area contributed by atoms with Crippen LogP contribution in [0.25, 0.3) is 11.4 Å². The van der Waals surface area contributed by atoms with Crippen LogP contribution in [-0.4, -0.2) is 46.4 Å². The van der Waals surface area contributed by atoms with Gasteiger partial charge in [-0.3, -0.25) is 4.79 Å². The second kappa shape index (κ2) is 11.2. The number of hydrogen-bond acceptors (Lipinski definition) is 7. The highest BCUT2D eigenvalue weighted by Gasteiger charge is 2.14. The number of hydrogen-bond donors (Lipinski definition) is 1. The van der Waals surface area contributed by atoms with Crippen LogP contribution in [0.15, 0.2) is 58.8 Å². The van der Waals surface area contributed by atoms with Crippen molar-refractivity contribution in [3.8, 4) is 22.9 Å². The van der Waals surface area contributed by atoms with E-state index in [1.165, 1.54) is 11.8 Å². The summed E-state index contributed by atoms with van der Waals surface area (Å²) >= 11 is 1.32. The number of rotatable bonds is 10. The normalized spacial score (nSPS) is 10.9. The fraction of sp³-hybridized carbons (Fsp3) is 0.273. The van der Waals surface area contributed by atoms with E-state index in [0.29, 0.717) is 29.8 Å². The molecule has 0 aliphatic carbocycles. The highest BCUT2D eigenvalue weighted by atomic mass is 32.2. The van der Waals surface area contributed by atoms with E-state index < -0.39 is 0 Å². The molecule has 1 heterocycles. The van der Waals surface area contributed by atoms with Crippen LogP contribution in [0.5, 0.6) is 11.5 Å². The van der Waals surface area contributed by atoms with Crippen LogP contribution < -0.4 is 14.9 Å². The van der Waals surface area contributed by atoms with Crippen molar-refractivity contribution in [1.82, 2.24) is 20.2 Å². The zero-order valence-electron chi connectivity index (χ0n) is 17.7. The maximum atomic E-state index is 12.2. The second-order valence-corrected chi connectivity index (χ2v) is 7.28. The maximum Gasteiger partial charge on any atom is 0.250 e. The molecular formula is C22H25N5O3S. The Labute approximate surface area is 185 Å². The lowest BCUT2D eigenvalue weighted by Gasteiger charge is -2.09. The summed E-state index contributed by atoms with van der Waals surface area (Å²) in [5, 5.41) is 13.2. The molecule has 0 saturated carbocycles. The Morgan fingerprint density at radius 3 is 2.68 bits per heavy atom. The highest BCUT2D eigenvalue weighted by molar-refractivity contribution is 7.99. The van der Waals surface area contributed by atoms with Crippen molar-refractivity contribution in [2.75, 3.05) is 19.5 Å². The maximum absolute atomic E-state index is 12.2. The third-order valence-corrected chi connectivity index (χ3v) is 5.25. The first kappa shape index (κ1) is 22.4. The number of amides is 1. The van der Waals surface area contributed by atoms with Gasteiger partial charge in [-0.2, -0.15) is 5.10 Å². The summed E-state index contributed by atoms with van der Waals surface area (Å²) in [6.07, 6.45) is 1.56. The van der Waals surface area contributed by atoms with Gasteiger partial charge in [0.25, 0.3) is 5.91 Å². The van der Waals surface area contributed by atoms with E-state index in [1.807, 2.05) is 60.9 Å². The van der Waals surface area contributed by atoms with Gasteiger partial charge in [0.1, 0.15) is 0 Å². The summed E-state index contributed by atoms with van der Waals surface area (Å²) < 4.78 is 12.8. The first-order chi connectivity index (χ1) is 15.2. The monoisotopic (exact) mass is 439 g/mol. The van der Waals surface area contributed by atoms with E-state index in [4.69, 9.17) is 9.47 Å². The lowest BCUT2D eigenvalue weighted by molar-refractivity contribution is -0.118. The molecule has 0 aliphatic rings. The third kappa shape index (κ3) is 5.85. The Hall–Kier alpha value is -3.33. The standard InChI is InChI=1S/C22H25N5O3S/c1-4-27-21(17-9-7-6-8-10-17)25-26-22(27)31-15-20(28)24-23-14-16-11-12-18(30-5-2)19(13-16)29-3/h6-14H,4-5,15H2,1-3H3,(H,24,28). The number of benzene rings is 2. The molecular weight excluding hydrogens is 414 g/mol. The second-order valence-electron chi connectivity index (χ2n) is 6.34. The van der Waals surface area contributed by atoms with E-state index in [9.17, 15) is 4.79 Å². The molecule has 1 aromatic heterocycles. The van der Waals surface area contributed by atoms with E-state index in [-0.39, 0.29) is 11.7 Å². The fourth-order valence-corrected chi connectivity index (χ4v) is 3.66. The van der Waals surface area contributed by atoms with Crippen molar-refractivity contribution < 1.29 is 14.3 Å². The topological polar surface area (TPSA) is 90.6 Å². The lowest BCUT2D eigenvalue weighted by atomic mass is 10.2. The first-order valence-corrected chi connectivity index (χ1v) is 10.9. The molecule has 3 aromatic rings. The molecule has 31 heavy (non-hydrogen) atoms. The number of ether oxygens (including phenoxy) is 2. The van der Waals surface area contributed by atoms with E-state index in [0.717, 1.165) is 17.0 Å². The van der Waals surface area contributed by atoms with Crippen molar-refractivity contribution in [1.29, 1.82) is 0 Å². The molecule has 0 aliphatic heterocycles. The zero-order chi connectivity index (χ0) is 22.1. The number of aromatic nitrogens is 3. The number of nitrogens with one attached hydrogen (secondary N) is 1. The number of hydrazone groups is 1. The van der Waals surface area contributed by atoms with Gasteiger partial charge in [0.2, 0.25) is 0 Å². The molecule has 2 aromatic carbocycles. The van der Waals surface area contributed by atoms with E-state index in [2.05, 4.69) is 20.7 Å². The van der Waals surface area contributed by atoms with Gasteiger partial charge in [-0.1, -0.05) is 42.1 Å². The third-order valence-electron chi connectivity index (χ3n) is 4.29. The SMILES string of the molecule is CCOc1ccc(C=NNC(=O)CSc2nnc(-c3ccccc3)n2CC)cc1OC. The van der Waals surface area contributed by atoms with Crippen molar-refractivity contribution >= 4 is 23.9 Å². The van der Waals surface area contributed by atoms with Gasteiger partial charge in [0.05, 0.1) is 25.7 Å². The Bertz CT molecular complexity index is 1040. The summed E-state index contributed by atoms with van der Waals surface area (Å²) in [4.78, 5) is 12.2. The minimum absolute atomic E-state index is 0.177. The Kier molecular flexibility index (Phi) is 8.05. The van der Waals surface area contributed by atoms with Crippen molar-refractivity contribution in [2.45, 2.75) is 25.5 Å². The number of thioether (sulfide) groups is 1. The molecule has 0 atom stereocenters.